The summed E-state index contributed by atoms with van der Waals surface area (Å²) in [6.45, 7) is 5.92. The predicted molar refractivity (Wildman–Crippen MR) is 72.6 cm³/mol. The van der Waals surface area contributed by atoms with Crippen molar-refractivity contribution in [2.24, 2.45) is 5.92 Å². The zero-order chi connectivity index (χ0) is 13.7. The van der Waals surface area contributed by atoms with E-state index in [0.717, 1.165) is 12.0 Å². The molecule has 0 saturated carbocycles. The summed E-state index contributed by atoms with van der Waals surface area (Å²) in [6.07, 6.45) is 0.809. The summed E-state index contributed by atoms with van der Waals surface area (Å²) in [7, 11) is 0. The van der Waals surface area contributed by atoms with E-state index in [4.69, 9.17) is 11.6 Å². The molecular weight excluding hydrogens is 253 g/mol. The number of alkyl halides is 1. The highest BCUT2D eigenvalue weighted by Gasteiger charge is 2.16. The van der Waals surface area contributed by atoms with E-state index in [0.29, 0.717) is 17.4 Å². The first kappa shape index (κ1) is 15.0. The van der Waals surface area contributed by atoms with E-state index in [1.165, 1.54) is 12.1 Å². The maximum Gasteiger partial charge on any atom is 0.251 e. The maximum absolute atomic E-state index is 13.1. The Morgan fingerprint density at radius 2 is 2.11 bits per heavy atom. The van der Waals surface area contributed by atoms with Gasteiger partial charge in [0.1, 0.15) is 5.82 Å². The molecule has 1 aromatic rings. The molecule has 0 bridgehead atoms. The fraction of sp³-hybridized carbons (Fsp3) is 0.500. The van der Waals surface area contributed by atoms with E-state index in [9.17, 15) is 9.18 Å². The predicted octanol–water partition coefficient (Wildman–Crippen LogP) is 3.52. The fourth-order valence-electron chi connectivity index (χ4n) is 1.83. The Morgan fingerprint density at radius 3 is 2.67 bits per heavy atom. The van der Waals surface area contributed by atoms with Crippen LogP contribution in [0.4, 0.5) is 4.39 Å². The van der Waals surface area contributed by atoms with Crippen LogP contribution in [0.25, 0.3) is 0 Å². The number of carbonyl (C=O) groups is 1. The Balaban J connectivity index is 2.77. The van der Waals surface area contributed by atoms with Gasteiger partial charge in [-0.1, -0.05) is 19.9 Å². The van der Waals surface area contributed by atoms with Crippen LogP contribution in [0, 0.1) is 18.7 Å². The number of nitrogens with one attached hydrogen (secondary N) is 1. The van der Waals surface area contributed by atoms with Crippen LogP contribution in [0.15, 0.2) is 18.2 Å². The van der Waals surface area contributed by atoms with Gasteiger partial charge in [-0.15, -0.1) is 11.6 Å². The molecule has 2 nitrogen and oxygen atoms in total. The molecule has 0 aliphatic rings. The van der Waals surface area contributed by atoms with Crippen LogP contribution in [0.5, 0.6) is 0 Å². The zero-order valence-corrected chi connectivity index (χ0v) is 11.7. The van der Waals surface area contributed by atoms with E-state index in [-0.39, 0.29) is 11.9 Å². The smallest absolute Gasteiger partial charge is 0.251 e. The van der Waals surface area contributed by atoms with Gasteiger partial charge in [0.05, 0.1) is 0 Å². The van der Waals surface area contributed by atoms with Crippen LogP contribution in [-0.4, -0.2) is 17.8 Å². The summed E-state index contributed by atoms with van der Waals surface area (Å²) < 4.78 is 13.1. The molecule has 0 fully saturated rings. The summed E-state index contributed by atoms with van der Waals surface area (Å²) in [5.74, 6) is 0.135. The second-order valence-electron chi connectivity index (χ2n) is 4.91. The van der Waals surface area contributed by atoms with E-state index in [1.807, 2.05) is 0 Å². The highest BCUT2D eigenvalue weighted by atomic mass is 35.5. The molecule has 1 atom stereocenters. The van der Waals surface area contributed by atoms with Gasteiger partial charge in [-0.2, -0.15) is 0 Å². The molecule has 1 rings (SSSR count). The first-order valence-corrected chi connectivity index (χ1v) is 6.60. The summed E-state index contributed by atoms with van der Waals surface area (Å²) in [5, 5.41) is 2.84. The minimum atomic E-state index is -0.406. The lowest BCUT2D eigenvalue weighted by Gasteiger charge is -2.18. The molecule has 18 heavy (non-hydrogen) atoms. The minimum Gasteiger partial charge on any atom is -0.348 e. The quantitative estimate of drug-likeness (QED) is 0.816. The van der Waals surface area contributed by atoms with Crippen LogP contribution in [0.1, 0.15) is 36.2 Å². The van der Waals surface area contributed by atoms with E-state index in [2.05, 4.69) is 19.2 Å². The van der Waals surface area contributed by atoms with Crippen molar-refractivity contribution in [1.29, 1.82) is 0 Å². The van der Waals surface area contributed by atoms with Crippen molar-refractivity contribution in [2.75, 3.05) is 5.88 Å². The molecule has 0 aliphatic carbocycles. The van der Waals surface area contributed by atoms with Crippen molar-refractivity contribution in [1.82, 2.24) is 5.32 Å². The average molecular weight is 272 g/mol. The highest BCUT2D eigenvalue weighted by Crippen LogP contribution is 2.12. The summed E-state index contributed by atoms with van der Waals surface area (Å²) in [6, 6.07) is 4.12. The van der Waals surface area contributed by atoms with Gasteiger partial charge < -0.3 is 5.32 Å². The Labute approximate surface area is 113 Å². The van der Waals surface area contributed by atoms with Gasteiger partial charge in [0.25, 0.3) is 5.91 Å². The molecule has 4 heteroatoms. The lowest BCUT2D eigenvalue weighted by atomic mass is 10.0. The SMILES string of the molecule is Cc1ccc(F)cc1C(=O)NC(CCl)CC(C)C. The number of hydrogen-bond acceptors (Lipinski definition) is 1. The highest BCUT2D eigenvalue weighted by molar-refractivity contribution is 6.18. The third-order valence-electron chi connectivity index (χ3n) is 2.72. The van der Waals surface area contributed by atoms with Gasteiger partial charge in [-0.25, -0.2) is 4.39 Å². The summed E-state index contributed by atoms with van der Waals surface area (Å²) in [5.41, 5.74) is 1.13. The van der Waals surface area contributed by atoms with Gasteiger partial charge in [-0.3, -0.25) is 4.79 Å². The summed E-state index contributed by atoms with van der Waals surface area (Å²) in [4.78, 5) is 12.0. The normalized spacial score (nSPS) is 12.6. The number of hydrogen-bond donors (Lipinski definition) is 1. The molecule has 0 aromatic heterocycles. The topological polar surface area (TPSA) is 29.1 Å². The number of benzene rings is 1. The second kappa shape index (κ2) is 6.74. The summed E-state index contributed by atoms with van der Waals surface area (Å²) >= 11 is 5.83. The second-order valence-corrected chi connectivity index (χ2v) is 5.22. The zero-order valence-electron chi connectivity index (χ0n) is 11.0. The molecule has 0 aliphatic heterocycles. The van der Waals surface area contributed by atoms with Crippen molar-refractivity contribution in [2.45, 2.75) is 33.2 Å². The Hall–Kier alpha value is -1.09. The molecule has 0 spiro atoms. The maximum atomic E-state index is 13.1. The Bertz CT molecular complexity index is 420. The third kappa shape index (κ3) is 4.30. The molecule has 1 amide bonds. The molecule has 0 radical (unpaired) electrons. The lowest BCUT2D eigenvalue weighted by molar-refractivity contribution is 0.0935. The molecule has 1 aromatic carbocycles. The molecular formula is C14H19ClFNO. The molecule has 100 valence electrons. The molecule has 1 N–H and O–H groups in total. The van der Waals surface area contributed by atoms with E-state index in [1.54, 1.807) is 13.0 Å². The Kier molecular flexibility index (Phi) is 5.60. The monoisotopic (exact) mass is 271 g/mol. The largest absolute Gasteiger partial charge is 0.348 e. The molecule has 1 unspecified atom stereocenters. The number of aryl methyl sites for hydroxylation is 1. The van der Waals surface area contributed by atoms with Crippen molar-refractivity contribution in [3.8, 4) is 0 Å². The van der Waals surface area contributed by atoms with Gasteiger partial charge >= 0.3 is 0 Å². The first-order chi connectivity index (χ1) is 8.43. The van der Waals surface area contributed by atoms with Crippen LogP contribution in [0.2, 0.25) is 0 Å². The van der Waals surface area contributed by atoms with Gasteiger partial charge in [0, 0.05) is 17.5 Å². The number of amides is 1. The molecule has 0 heterocycles. The fourth-order valence-corrected chi connectivity index (χ4v) is 2.03. The van der Waals surface area contributed by atoms with Gasteiger partial charge in [0.2, 0.25) is 0 Å². The number of rotatable bonds is 5. The van der Waals surface area contributed by atoms with E-state index >= 15 is 0 Å². The lowest BCUT2D eigenvalue weighted by Crippen LogP contribution is -2.37. The Morgan fingerprint density at radius 1 is 1.44 bits per heavy atom. The van der Waals surface area contributed by atoms with Crippen LogP contribution < -0.4 is 5.32 Å². The number of halogens is 2. The van der Waals surface area contributed by atoms with Crippen molar-refractivity contribution < 1.29 is 9.18 Å². The molecule has 0 saturated heterocycles. The first-order valence-electron chi connectivity index (χ1n) is 6.07. The van der Waals surface area contributed by atoms with Crippen LogP contribution in [0.3, 0.4) is 0 Å². The minimum absolute atomic E-state index is 0.0816. The van der Waals surface area contributed by atoms with Crippen molar-refractivity contribution >= 4 is 17.5 Å². The average Bonchev–Trinajstić information content (AvgIpc) is 2.30. The van der Waals surface area contributed by atoms with E-state index < -0.39 is 5.82 Å². The van der Waals surface area contributed by atoms with Gasteiger partial charge in [-0.05, 0) is 37.0 Å². The van der Waals surface area contributed by atoms with Gasteiger partial charge in [0.15, 0.2) is 0 Å². The van der Waals surface area contributed by atoms with Crippen LogP contribution in [-0.2, 0) is 0 Å². The van der Waals surface area contributed by atoms with Crippen LogP contribution >= 0.6 is 11.6 Å². The van der Waals surface area contributed by atoms with Crippen molar-refractivity contribution in [3.63, 3.8) is 0 Å². The van der Waals surface area contributed by atoms with Crippen molar-refractivity contribution in [3.05, 3.63) is 35.1 Å². The third-order valence-corrected chi connectivity index (χ3v) is 3.09. The number of carbonyl (C=O) groups excluding carboxylic acids is 1. The standard InChI is InChI=1S/C14H19ClFNO/c1-9(2)6-12(8-15)17-14(18)13-7-11(16)5-4-10(13)3/h4-5,7,9,12H,6,8H2,1-3H3,(H,17,18).